The van der Waals surface area contributed by atoms with Gasteiger partial charge in [-0.3, -0.25) is 9.59 Å². The van der Waals surface area contributed by atoms with Crippen LogP contribution >= 0.6 is 0 Å². The normalized spacial score (nSPS) is 19.2. The topological polar surface area (TPSA) is 63.4 Å². The number of hydrogen-bond donors (Lipinski definition) is 1. The standard InChI is InChI=1S/C17H21F3N2O2/c1-16(2,21)15(24)22-9-3-4-12(10-22)14(23)11-5-7-13(8-6-11)17(18,19)20/h5-8,12H,3-4,9-10,21H2,1-2H3/t12-/m0/s1. The van der Waals surface area contributed by atoms with Gasteiger partial charge in [0.1, 0.15) is 0 Å². The SMILES string of the molecule is CC(C)(N)C(=O)N1CCC[C@H](C(=O)c2ccc(C(F)(F)F)cc2)C1. The van der Waals surface area contributed by atoms with Crippen molar-refractivity contribution in [3.63, 3.8) is 0 Å². The Morgan fingerprint density at radius 1 is 1.17 bits per heavy atom. The van der Waals surface area contributed by atoms with E-state index in [9.17, 15) is 22.8 Å². The summed E-state index contributed by atoms with van der Waals surface area (Å²) in [6.07, 6.45) is -3.16. The van der Waals surface area contributed by atoms with Crippen LogP contribution in [0.3, 0.4) is 0 Å². The first-order valence-electron chi connectivity index (χ1n) is 7.80. The summed E-state index contributed by atoms with van der Waals surface area (Å²) in [6, 6.07) is 4.20. The number of amides is 1. The zero-order valence-corrected chi connectivity index (χ0v) is 13.7. The highest BCUT2D eigenvalue weighted by atomic mass is 19.4. The van der Waals surface area contributed by atoms with E-state index < -0.39 is 23.2 Å². The van der Waals surface area contributed by atoms with Crippen LogP contribution in [0.5, 0.6) is 0 Å². The molecule has 0 radical (unpaired) electrons. The molecule has 4 nitrogen and oxygen atoms in total. The van der Waals surface area contributed by atoms with Gasteiger partial charge < -0.3 is 10.6 Å². The van der Waals surface area contributed by atoms with E-state index in [0.717, 1.165) is 12.1 Å². The molecule has 0 saturated carbocycles. The Morgan fingerprint density at radius 2 is 1.75 bits per heavy atom. The largest absolute Gasteiger partial charge is 0.416 e. The molecule has 1 heterocycles. The van der Waals surface area contributed by atoms with Crippen molar-refractivity contribution in [1.29, 1.82) is 0 Å². The predicted molar refractivity (Wildman–Crippen MR) is 83.3 cm³/mol. The molecule has 1 aromatic carbocycles. The molecular formula is C17H21F3N2O2. The molecule has 1 amide bonds. The quantitative estimate of drug-likeness (QED) is 0.859. The smallest absolute Gasteiger partial charge is 0.340 e. The summed E-state index contributed by atoms with van der Waals surface area (Å²) in [6.45, 7) is 4.00. The Labute approximate surface area is 138 Å². The Kier molecular flexibility index (Phi) is 5.03. The lowest BCUT2D eigenvalue weighted by molar-refractivity contribution is -0.138. The highest BCUT2D eigenvalue weighted by Gasteiger charge is 2.34. The van der Waals surface area contributed by atoms with Crippen molar-refractivity contribution in [2.45, 2.75) is 38.4 Å². The third kappa shape index (κ3) is 4.14. The minimum atomic E-state index is -4.43. The van der Waals surface area contributed by atoms with Crippen molar-refractivity contribution < 1.29 is 22.8 Å². The maximum Gasteiger partial charge on any atom is 0.416 e. The van der Waals surface area contributed by atoms with Crippen molar-refractivity contribution in [1.82, 2.24) is 4.90 Å². The van der Waals surface area contributed by atoms with Crippen molar-refractivity contribution in [2.24, 2.45) is 11.7 Å². The fraction of sp³-hybridized carbons (Fsp3) is 0.529. The van der Waals surface area contributed by atoms with Gasteiger partial charge in [-0.15, -0.1) is 0 Å². The van der Waals surface area contributed by atoms with Crippen molar-refractivity contribution >= 4 is 11.7 Å². The highest BCUT2D eigenvalue weighted by Crippen LogP contribution is 2.30. The van der Waals surface area contributed by atoms with E-state index in [-0.39, 0.29) is 23.8 Å². The van der Waals surface area contributed by atoms with Crippen molar-refractivity contribution in [3.05, 3.63) is 35.4 Å². The lowest BCUT2D eigenvalue weighted by atomic mass is 9.88. The number of Topliss-reactive ketones (excluding diaryl/α,β-unsaturated/α-hetero) is 1. The average Bonchev–Trinajstić information content (AvgIpc) is 2.52. The van der Waals surface area contributed by atoms with Gasteiger partial charge in [-0.05, 0) is 38.8 Å². The van der Waals surface area contributed by atoms with Gasteiger partial charge in [0, 0.05) is 24.6 Å². The third-order valence-corrected chi connectivity index (χ3v) is 4.13. The number of piperidine rings is 1. The van der Waals surface area contributed by atoms with Crippen LogP contribution in [0.2, 0.25) is 0 Å². The van der Waals surface area contributed by atoms with E-state index in [0.29, 0.717) is 19.4 Å². The van der Waals surface area contributed by atoms with Gasteiger partial charge in [0.2, 0.25) is 5.91 Å². The van der Waals surface area contributed by atoms with Crippen molar-refractivity contribution in [3.8, 4) is 0 Å². The minimum absolute atomic E-state index is 0.229. The Hall–Kier alpha value is -1.89. The Morgan fingerprint density at radius 3 is 2.25 bits per heavy atom. The summed E-state index contributed by atoms with van der Waals surface area (Å²) in [5.74, 6) is -0.884. The van der Waals surface area contributed by atoms with Crippen LogP contribution < -0.4 is 5.73 Å². The number of halogens is 3. The van der Waals surface area contributed by atoms with Gasteiger partial charge >= 0.3 is 6.18 Å². The van der Waals surface area contributed by atoms with Gasteiger partial charge in [-0.2, -0.15) is 13.2 Å². The number of carbonyl (C=O) groups is 2. The monoisotopic (exact) mass is 342 g/mol. The molecule has 1 aliphatic heterocycles. The molecule has 0 spiro atoms. The molecule has 0 aromatic heterocycles. The molecular weight excluding hydrogens is 321 g/mol. The Balaban J connectivity index is 2.11. The van der Waals surface area contributed by atoms with Crippen LogP contribution in [0.4, 0.5) is 13.2 Å². The molecule has 132 valence electrons. The number of ketones is 1. The Bertz CT molecular complexity index is 618. The number of nitrogens with zero attached hydrogens (tertiary/aromatic N) is 1. The van der Waals surface area contributed by atoms with Crippen LogP contribution in [0, 0.1) is 5.92 Å². The van der Waals surface area contributed by atoms with Crippen LogP contribution in [0.25, 0.3) is 0 Å². The number of carbonyl (C=O) groups excluding carboxylic acids is 2. The molecule has 1 fully saturated rings. The molecule has 0 bridgehead atoms. The van der Waals surface area contributed by atoms with Crippen LogP contribution in [-0.4, -0.2) is 35.2 Å². The fourth-order valence-corrected chi connectivity index (χ4v) is 2.84. The summed E-state index contributed by atoms with van der Waals surface area (Å²) in [5.41, 5.74) is 4.25. The molecule has 0 unspecified atom stereocenters. The molecule has 7 heteroatoms. The molecule has 2 rings (SSSR count). The molecule has 0 aliphatic carbocycles. The van der Waals surface area contributed by atoms with Gasteiger partial charge in [0.05, 0.1) is 11.1 Å². The summed E-state index contributed by atoms with van der Waals surface area (Å²) in [4.78, 5) is 26.3. The number of hydrogen-bond acceptors (Lipinski definition) is 3. The second kappa shape index (κ2) is 6.55. The van der Waals surface area contributed by atoms with Gasteiger partial charge in [0.25, 0.3) is 0 Å². The van der Waals surface area contributed by atoms with E-state index in [1.807, 2.05) is 0 Å². The summed E-state index contributed by atoms with van der Waals surface area (Å²) in [5, 5.41) is 0. The molecule has 1 aliphatic rings. The summed E-state index contributed by atoms with van der Waals surface area (Å²) in [7, 11) is 0. The zero-order chi connectivity index (χ0) is 18.1. The number of likely N-dealkylation sites (tertiary alicyclic amines) is 1. The van der Waals surface area contributed by atoms with Gasteiger partial charge in [-0.25, -0.2) is 0 Å². The van der Waals surface area contributed by atoms with Crippen LogP contribution in [-0.2, 0) is 11.0 Å². The predicted octanol–water partition coefficient (Wildman–Crippen LogP) is 2.86. The van der Waals surface area contributed by atoms with E-state index in [2.05, 4.69) is 0 Å². The van der Waals surface area contributed by atoms with E-state index in [1.165, 1.54) is 12.1 Å². The summed E-state index contributed by atoms with van der Waals surface area (Å²) >= 11 is 0. The van der Waals surface area contributed by atoms with E-state index >= 15 is 0 Å². The van der Waals surface area contributed by atoms with E-state index in [1.54, 1.807) is 18.7 Å². The molecule has 1 aromatic rings. The number of alkyl halides is 3. The first-order chi connectivity index (χ1) is 11.0. The summed E-state index contributed by atoms with van der Waals surface area (Å²) < 4.78 is 37.8. The molecule has 2 N–H and O–H groups in total. The number of rotatable bonds is 3. The lowest BCUT2D eigenvalue weighted by Crippen LogP contribution is -2.54. The number of nitrogens with two attached hydrogens (primary N) is 1. The van der Waals surface area contributed by atoms with E-state index in [4.69, 9.17) is 5.73 Å². The second-order valence-corrected chi connectivity index (χ2v) is 6.75. The van der Waals surface area contributed by atoms with Crippen molar-refractivity contribution in [2.75, 3.05) is 13.1 Å². The van der Waals surface area contributed by atoms with Gasteiger partial charge in [0.15, 0.2) is 5.78 Å². The minimum Gasteiger partial charge on any atom is -0.340 e. The number of benzene rings is 1. The maximum absolute atomic E-state index is 12.6. The fourth-order valence-electron chi connectivity index (χ4n) is 2.84. The molecule has 24 heavy (non-hydrogen) atoms. The van der Waals surface area contributed by atoms with Gasteiger partial charge in [-0.1, -0.05) is 12.1 Å². The maximum atomic E-state index is 12.6. The third-order valence-electron chi connectivity index (χ3n) is 4.13. The zero-order valence-electron chi connectivity index (χ0n) is 13.7. The average molecular weight is 342 g/mol. The molecule has 1 saturated heterocycles. The second-order valence-electron chi connectivity index (χ2n) is 6.75. The molecule has 1 atom stereocenters. The lowest BCUT2D eigenvalue weighted by Gasteiger charge is -2.35. The first kappa shape index (κ1) is 18.4. The van der Waals surface area contributed by atoms with Crippen LogP contribution in [0.15, 0.2) is 24.3 Å². The van der Waals surface area contributed by atoms with Crippen LogP contribution in [0.1, 0.15) is 42.6 Å². The first-order valence-corrected chi connectivity index (χ1v) is 7.80. The highest BCUT2D eigenvalue weighted by molar-refractivity contribution is 5.98.